The molecule has 3 aromatic rings. The first kappa shape index (κ1) is 26.2. The van der Waals surface area contributed by atoms with Crippen LogP contribution in [0.4, 0.5) is 23.4 Å². The van der Waals surface area contributed by atoms with Gasteiger partial charge in [-0.25, -0.2) is 27.5 Å². The van der Waals surface area contributed by atoms with Gasteiger partial charge in [0, 0.05) is 43.4 Å². The van der Waals surface area contributed by atoms with E-state index in [1.165, 1.54) is 18.3 Å². The topological polar surface area (TPSA) is 120 Å². The van der Waals surface area contributed by atoms with E-state index in [4.69, 9.17) is 4.74 Å². The third kappa shape index (κ3) is 5.94. The number of ether oxygens (including phenoxy) is 1. The van der Waals surface area contributed by atoms with E-state index in [-0.39, 0.29) is 35.9 Å². The fourth-order valence-electron chi connectivity index (χ4n) is 4.05. The summed E-state index contributed by atoms with van der Waals surface area (Å²) in [5.74, 6) is -7.20. The number of hydrogen-bond donors (Lipinski definition) is 3. The highest BCUT2D eigenvalue weighted by atomic mass is 19.3. The Balaban J connectivity index is 1.41. The Hall–Kier alpha value is -3.84. The summed E-state index contributed by atoms with van der Waals surface area (Å²) in [7, 11) is 0. The number of aliphatic hydroxyl groups is 1. The van der Waals surface area contributed by atoms with Crippen LogP contribution in [0, 0.1) is 11.6 Å². The second kappa shape index (κ2) is 10.6. The maximum Gasteiger partial charge on any atom is 0.257 e. The first-order valence-corrected chi connectivity index (χ1v) is 11.3. The number of aromatic nitrogens is 3. The molecule has 1 saturated heterocycles. The molecule has 2 atom stereocenters. The zero-order valence-corrected chi connectivity index (χ0v) is 19.6. The Morgan fingerprint density at radius 1 is 1.30 bits per heavy atom. The molecule has 0 saturated carbocycles. The molecule has 37 heavy (non-hydrogen) atoms. The largest absolute Gasteiger partial charge is 0.434 e. The summed E-state index contributed by atoms with van der Waals surface area (Å²) in [4.78, 5) is 36.0. The molecule has 4 rings (SSSR count). The Labute approximate surface area is 208 Å². The normalized spacial score (nSPS) is 18.3. The maximum atomic E-state index is 14.6. The summed E-state index contributed by atoms with van der Waals surface area (Å²) in [5, 5.41) is 11.9. The average Bonchev–Trinajstić information content (AvgIpc) is 2.86. The monoisotopic (exact) mass is 521 g/mol. The minimum Gasteiger partial charge on any atom is -0.434 e. The lowest BCUT2D eigenvalue weighted by Crippen LogP contribution is -2.52. The highest BCUT2D eigenvalue weighted by Crippen LogP contribution is 2.40. The number of piperidine rings is 1. The van der Waals surface area contributed by atoms with Crippen molar-refractivity contribution in [3.63, 3.8) is 0 Å². The lowest BCUT2D eigenvalue weighted by molar-refractivity contribution is -0.125. The van der Waals surface area contributed by atoms with E-state index in [0.29, 0.717) is 6.07 Å². The Morgan fingerprint density at radius 2 is 2.08 bits per heavy atom. The molecule has 1 fully saturated rings. The minimum absolute atomic E-state index is 0.0175. The quantitative estimate of drug-likeness (QED) is 0.409. The fourth-order valence-corrected chi connectivity index (χ4v) is 4.05. The fraction of sp³-hybridized carbons (Fsp3) is 0.333. The van der Waals surface area contributed by atoms with Crippen molar-refractivity contribution >= 4 is 11.7 Å². The zero-order valence-electron chi connectivity index (χ0n) is 19.6. The van der Waals surface area contributed by atoms with Crippen LogP contribution in [0.3, 0.4) is 0 Å². The molecule has 1 aliphatic rings. The minimum atomic E-state index is -3.01. The highest BCUT2D eigenvalue weighted by Gasteiger charge is 2.46. The van der Waals surface area contributed by atoms with Gasteiger partial charge in [-0.05, 0) is 18.6 Å². The van der Waals surface area contributed by atoms with Gasteiger partial charge in [0.2, 0.25) is 17.3 Å². The predicted octanol–water partition coefficient (Wildman–Crippen LogP) is 3.18. The number of amides is 1. The van der Waals surface area contributed by atoms with Crippen LogP contribution in [0.15, 0.2) is 47.7 Å². The number of likely N-dealkylation sites (tertiary alicyclic amines) is 1. The number of aliphatic hydroxyl groups excluding tert-OH is 1. The van der Waals surface area contributed by atoms with Crippen molar-refractivity contribution in [1.29, 1.82) is 0 Å². The summed E-state index contributed by atoms with van der Waals surface area (Å²) in [6.45, 7) is 0.773. The maximum absolute atomic E-state index is 14.6. The average molecular weight is 521 g/mol. The van der Waals surface area contributed by atoms with E-state index >= 15 is 0 Å². The number of benzene rings is 1. The number of H-pyrrole nitrogens is 1. The number of aromatic amines is 1. The molecule has 0 radical (unpaired) electrons. The summed E-state index contributed by atoms with van der Waals surface area (Å²) in [6, 6.07) is 3.25. The summed E-state index contributed by atoms with van der Waals surface area (Å²) >= 11 is 0. The molecular weight excluding hydrogens is 498 g/mol. The molecule has 2 unspecified atom stereocenters. The van der Waals surface area contributed by atoms with Crippen LogP contribution < -0.4 is 15.6 Å². The number of alkyl halides is 2. The SMILES string of the molecule is CC(C(=O)Nc1cnc(Oc2c(F)cc(F)cc2CO)cn1)N1CCC(F)(F)C(c2ccc(=O)[nH]c2)C1. The van der Waals surface area contributed by atoms with Gasteiger partial charge in [0.1, 0.15) is 5.82 Å². The van der Waals surface area contributed by atoms with E-state index < -0.39 is 59.8 Å². The van der Waals surface area contributed by atoms with E-state index in [2.05, 4.69) is 20.3 Å². The van der Waals surface area contributed by atoms with E-state index in [1.54, 1.807) is 11.8 Å². The molecule has 1 amide bonds. The van der Waals surface area contributed by atoms with Crippen LogP contribution in [0.25, 0.3) is 0 Å². The summed E-state index contributed by atoms with van der Waals surface area (Å²) < 4.78 is 61.9. The number of halogens is 4. The number of nitrogens with one attached hydrogen (secondary N) is 2. The van der Waals surface area contributed by atoms with Crippen molar-refractivity contribution in [2.45, 2.75) is 37.8 Å². The smallest absolute Gasteiger partial charge is 0.257 e. The van der Waals surface area contributed by atoms with Crippen LogP contribution in [0.1, 0.15) is 30.4 Å². The second-order valence-corrected chi connectivity index (χ2v) is 8.59. The second-order valence-electron chi connectivity index (χ2n) is 8.59. The van der Waals surface area contributed by atoms with Gasteiger partial charge >= 0.3 is 0 Å². The van der Waals surface area contributed by atoms with Crippen molar-refractivity contribution in [3.05, 3.63) is 76.0 Å². The predicted molar refractivity (Wildman–Crippen MR) is 123 cm³/mol. The van der Waals surface area contributed by atoms with Gasteiger partial charge in [0.15, 0.2) is 17.4 Å². The molecule has 0 aliphatic carbocycles. The Morgan fingerprint density at radius 3 is 2.73 bits per heavy atom. The van der Waals surface area contributed by atoms with Crippen molar-refractivity contribution in [2.24, 2.45) is 0 Å². The van der Waals surface area contributed by atoms with E-state index in [1.807, 2.05) is 0 Å². The van der Waals surface area contributed by atoms with E-state index in [9.17, 15) is 32.3 Å². The number of rotatable bonds is 7. The lowest BCUT2D eigenvalue weighted by Gasteiger charge is -2.40. The number of pyridine rings is 1. The first-order chi connectivity index (χ1) is 17.6. The number of anilines is 1. The van der Waals surface area contributed by atoms with Crippen molar-refractivity contribution in [1.82, 2.24) is 19.9 Å². The molecule has 1 aromatic carbocycles. The van der Waals surface area contributed by atoms with E-state index in [0.717, 1.165) is 18.5 Å². The Kier molecular flexibility index (Phi) is 7.55. The van der Waals surface area contributed by atoms with Crippen molar-refractivity contribution < 1.29 is 32.2 Å². The number of carbonyl (C=O) groups excluding carboxylic acids is 1. The van der Waals surface area contributed by atoms with Crippen molar-refractivity contribution in [2.75, 3.05) is 18.4 Å². The molecule has 13 heteroatoms. The molecule has 0 bridgehead atoms. The molecule has 9 nitrogen and oxygen atoms in total. The standard InChI is InChI=1S/C24H23F4N5O4/c1-13(33-5-4-24(27,28)17(11-33)14-2-3-20(35)30-8-14)23(36)32-19-9-31-21(10-29-19)37-22-15(12-34)6-16(25)7-18(22)26/h2-3,6-10,13,17,34H,4-5,11-12H2,1H3,(H,30,35)(H,29,32,36). The molecule has 196 valence electrons. The number of carbonyl (C=O) groups is 1. The van der Waals surface area contributed by atoms with Crippen LogP contribution in [-0.2, 0) is 11.4 Å². The highest BCUT2D eigenvalue weighted by molar-refractivity contribution is 5.93. The molecule has 0 spiro atoms. The number of nitrogens with zero attached hydrogens (tertiary/aromatic N) is 3. The van der Waals surface area contributed by atoms with Crippen LogP contribution in [0.2, 0.25) is 0 Å². The van der Waals surface area contributed by atoms with Gasteiger partial charge in [0.25, 0.3) is 5.92 Å². The summed E-state index contributed by atoms with van der Waals surface area (Å²) in [5.41, 5.74) is -0.260. The van der Waals surface area contributed by atoms with Gasteiger partial charge in [-0.2, -0.15) is 0 Å². The molecule has 2 aromatic heterocycles. The molecule has 1 aliphatic heterocycles. The first-order valence-electron chi connectivity index (χ1n) is 11.3. The third-order valence-electron chi connectivity index (χ3n) is 6.14. The Bertz CT molecular complexity index is 1320. The van der Waals surface area contributed by atoms with Crippen LogP contribution in [0.5, 0.6) is 11.6 Å². The molecular formula is C24H23F4N5O4. The van der Waals surface area contributed by atoms with Crippen LogP contribution >= 0.6 is 0 Å². The van der Waals surface area contributed by atoms with Gasteiger partial charge < -0.3 is 20.1 Å². The van der Waals surface area contributed by atoms with Gasteiger partial charge in [-0.3, -0.25) is 14.5 Å². The van der Waals surface area contributed by atoms with Gasteiger partial charge in [-0.15, -0.1) is 0 Å². The lowest BCUT2D eigenvalue weighted by atomic mass is 9.87. The van der Waals surface area contributed by atoms with Crippen LogP contribution in [-0.4, -0.2) is 55.9 Å². The molecule has 3 heterocycles. The van der Waals surface area contributed by atoms with Crippen molar-refractivity contribution in [3.8, 4) is 11.6 Å². The summed E-state index contributed by atoms with van der Waals surface area (Å²) in [6.07, 6.45) is 3.04. The van der Waals surface area contributed by atoms with Gasteiger partial charge in [-0.1, -0.05) is 6.07 Å². The molecule has 3 N–H and O–H groups in total. The zero-order chi connectivity index (χ0) is 26.7. The number of hydrogen-bond acceptors (Lipinski definition) is 7. The van der Waals surface area contributed by atoms with Gasteiger partial charge in [0.05, 0.1) is 31.0 Å². The third-order valence-corrected chi connectivity index (χ3v) is 6.14.